The summed E-state index contributed by atoms with van der Waals surface area (Å²) in [6.07, 6.45) is 1.06. The van der Waals surface area contributed by atoms with Gasteiger partial charge in [0.2, 0.25) is 0 Å². The average Bonchev–Trinajstić information content (AvgIpc) is 2.72. The molecule has 1 aliphatic rings. The highest BCUT2D eigenvalue weighted by atomic mass is 15.2. The van der Waals surface area contributed by atoms with Crippen molar-refractivity contribution in [3.8, 4) is 6.07 Å². The molecule has 0 radical (unpaired) electrons. The van der Waals surface area contributed by atoms with Crippen LogP contribution in [0.5, 0.6) is 0 Å². The average molecular weight is 352 g/mol. The maximum absolute atomic E-state index is 10.3. The first-order chi connectivity index (χ1) is 13.3. The van der Waals surface area contributed by atoms with E-state index in [1.54, 1.807) is 0 Å². The number of likely N-dealkylation sites (tertiary alicyclic amines) is 1. The molecule has 1 heterocycles. The van der Waals surface area contributed by atoms with Crippen LogP contribution in [0.3, 0.4) is 0 Å². The van der Waals surface area contributed by atoms with Crippen molar-refractivity contribution in [3.05, 3.63) is 108 Å². The van der Waals surface area contributed by atoms with Crippen LogP contribution in [0, 0.1) is 17.2 Å². The van der Waals surface area contributed by atoms with Crippen molar-refractivity contribution in [3.63, 3.8) is 0 Å². The molecule has 0 bridgehead atoms. The van der Waals surface area contributed by atoms with Gasteiger partial charge in [-0.1, -0.05) is 91.0 Å². The van der Waals surface area contributed by atoms with Crippen LogP contribution >= 0.6 is 0 Å². The summed E-state index contributed by atoms with van der Waals surface area (Å²) in [6.45, 7) is 2.97. The van der Waals surface area contributed by atoms with Gasteiger partial charge in [-0.15, -0.1) is 0 Å². The third-order valence-corrected chi connectivity index (χ3v) is 5.76. The van der Waals surface area contributed by atoms with Gasteiger partial charge in [-0.05, 0) is 23.1 Å². The summed E-state index contributed by atoms with van der Waals surface area (Å²) in [6, 6.07) is 33.9. The number of nitriles is 1. The Labute approximate surface area is 161 Å². The highest BCUT2D eigenvalue weighted by molar-refractivity contribution is 5.48. The summed E-state index contributed by atoms with van der Waals surface area (Å²) in [7, 11) is 0. The molecule has 4 rings (SSSR count). The zero-order valence-electron chi connectivity index (χ0n) is 15.5. The highest BCUT2D eigenvalue weighted by Gasteiger charge is 2.47. The van der Waals surface area contributed by atoms with E-state index in [0.717, 1.165) is 37.2 Å². The molecule has 1 fully saturated rings. The van der Waals surface area contributed by atoms with Gasteiger partial charge in [-0.3, -0.25) is 0 Å². The van der Waals surface area contributed by atoms with E-state index in [9.17, 15) is 5.26 Å². The predicted octanol–water partition coefficient (Wildman–Crippen LogP) is 4.67. The lowest BCUT2D eigenvalue weighted by Crippen LogP contribution is -2.56. The Bertz CT molecular complexity index is 852. The molecule has 0 N–H and O–H groups in total. The van der Waals surface area contributed by atoms with Crippen molar-refractivity contribution in [2.45, 2.75) is 11.8 Å². The van der Waals surface area contributed by atoms with Crippen LogP contribution in [-0.4, -0.2) is 24.5 Å². The first-order valence-corrected chi connectivity index (χ1v) is 9.61. The van der Waals surface area contributed by atoms with Gasteiger partial charge in [-0.25, -0.2) is 0 Å². The molecular formula is C25H24N2. The lowest BCUT2D eigenvalue weighted by Gasteiger charge is -2.48. The molecule has 0 unspecified atom stereocenters. The topological polar surface area (TPSA) is 27.0 Å². The summed E-state index contributed by atoms with van der Waals surface area (Å²) in [4.78, 5) is 2.47. The zero-order valence-corrected chi connectivity index (χ0v) is 15.5. The van der Waals surface area contributed by atoms with Crippen molar-refractivity contribution in [2.24, 2.45) is 5.92 Å². The molecule has 2 nitrogen and oxygen atoms in total. The van der Waals surface area contributed by atoms with Crippen molar-refractivity contribution >= 4 is 0 Å². The van der Waals surface area contributed by atoms with Crippen LogP contribution in [-0.2, 0) is 11.8 Å². The fraction of sp³-hybridized carbons (Fsp3) is 0.240. The lowest BCUT2D eigenvalue weighted by atomic mass is 9.64. The van der Waals surface area contributed by atoms with Gasteiger partial charge in [-0.2, -0.15) is 5.26 Å². The van der Waals surface area contributed by atoms with E-state index in [-0.39, 0.29) is 0 Å². The Balaban J connectivity index is 1.54. The predicted molar refractivity (Wildman–Crippen MR) is 109 cm³/mol. The number of hydrogen-bond donors (Lipinski definition) is 0. The molecule has 0 amide bonds. The molecule has 0 aliphatic carbocycles. The molecule has 27 heavy (non-hydrogen) atoms. The van der Waals surface area contributed by atoms with Crippen LogP contribution < -0.4 is 0 Å². The maximum Gasteiger partial charge on any atom is 0.112 e. The second-order valence-corrected chi connectivity index (χ2v) is 7.34. The Morgan fingerprint density at radius 2 is 1.26 bits per heavy atom. The maximum atomic E-state index is 10.3. The van der Waals surface area contributed by atoms with Crippen molar-refractivity contribution in [1.29, 1.82) is 5.26 Å². The molecular weight excluding hydrogens is 328 g/mol. The Morgan fingerprint density at radius 1 is 0.778 bits per heavy atom. The number of hydrogen-bond acceptors (Lipinski definition) is 2. The minimum atomic E-state index is -0.578. The number of rotatable bonds is 6. The fourth-order valence-corrected chi connectivity index (χ4v) is 4.22. The van der Waals surface area contributed by atoms with Gasteiger partial charge in [0.1, 0.15) is 5.41 Å². The van der Waals surface area contributed by atoms with Gasteiger partial charge in [0.25, 0.3) is 0 Å². The quantitative estimate of drug-likeness (QED) is 0.644. The summed E-state index contributed by atoms with van der Waals surface area (Å²) in [5.41, 5.74) is 3.00. The minimum absolute atomic E-state index is 0.308. The Hall–Kier alpha value is -2.89. The van der Waals surface area contributed by atoms with E-state index >= 15 is 0 Å². The molecule has 0 aromatic heterocycles. The van der Waals surface area contributed by atoms with E-state index in [1.165, 1.54) is 5.56 Å². The minimum Gasteiger partial charge on any atom is -0.302 e. The molecule has 0 atom stereocenters. The molecule has 1 saturated heterocycles. The van der Waals surface area contributed by atoms with Gasteiger partial charge in [0.05, 0.1) is 6.07 Å². The Morgan fingerprint density at radius 3 is 1.74 bits per heavy atom. The van der Waals surface area contributed by atoms with Crippen molar-refractivity contribution in [1.82, 2.24) is 4.90 Å². The van der Waals surface area contributed by atoms with E-state index in [2.05, 4.69) is 65.6 Å². The van der Waals surface area contributed by atoms with E-state index < -0.39 is 5.41 Å². The monoisotopic (exact) mass is 352 g/mol. The normalized spacial score (nSPS) is 15.1. The molecule has 3 aromatic rings. The van der Waals surface area contributed by atoms with Crippen LogP contribution in [0.15, 0.2) is 91.0 Å². The molecule has 0 saturated carbocycles. The van der Waals surface area contributed by atoms with Crippen molar-refractivity contribution in [2.75, 3.05) is 19.6 Å². The zero-order chi connectivity index (χ0) is 18.5. The Kier molecular flexibility index (Phi) is 5.05. The first-order valence-electron chi connectivity index (χ1n) is 9.61. The SMILES string of the molecule is N#CC(c1ccccc1)(c1ccccc1)C1CN(CCc2ccccc2)C1. The second kappa shape index (κ2) is 7.78. The van der Waals surface area contributed by atoms with Gasteiger partial charge in [0, 0.05) is 25.6 Å². The molecule has 2 heteroatoms. The molecule has 0 spiro atoms. The second-order valence-electron chi connectivity index (χ2n) is 7.34. The van der Waals surface area contributed by atoms with Crippen LogP contribution in [0.1, 0.15) is 16.7 Å². The van der Waals surface area contributed by atoms with Crippen LogP contribution in [0.2, 0.25) is 0 Å². The highest BCUT2D eigenvalue weighted by Crippen LogP contribution is 2.43. The molecule has 1 aliphatic heterocycles. The van der Waals surface area contributed by atoms with E-state index in [1.807, 2.05) is 36.4 Å². The smallest absolute Gasteiger partial charge is 0.112 e. The third-order valence-electron chi connectivity index (χ3n) is 5.76. The van der Waals surface area contributed by atoms with Gasteiger partial charge in [0.15, 0.2) is 0 Å². The van der Waals surface area contributed by atoms with Gasteiger partial charge >= 0.3 is 0 Å². The largest absolute Gasteiger partial charge is 0.302 e. The standard InChI is InChI=1S/C25H24N2/c26-20-25(22-12-6-2-7-13-22,23-14-8-3-9-15-23)24-18-27(19-24)17-16-21-10-4-1-5-11-21/h1-15,24H,16-19H2. The molecule has 134 valence electrons. The van der Waals surface area contributed by atoms with Crippen LogP contribution in [0.4, 0.5) is 0 Å². The van der Waals surface area contributed by atoms with Crippen molar-refractivity contribution < 1.29 is 0 Å². The summed E-state index contributed by atoms with van der Waals surface area (Å²) >= 11 is 0. The van der Waals surface area contributed by atoms with E-state index in [0.29, 0.717) is 5.92 Å². The van der Waals surface area contributed by atoms with Crippen LogP contribution in [0.25, 0.3) is 0 Å². The molecule has 3 aromatic carbocycles. The summed E-state index contributed by atoms with van der Waals surface area (Å²) in [5.74, 6) is 0.308. The summed E-state index contributed by atoms with van der Waals surface area (Å²) < 4.78 is 0. The van der Waals surface area contributed by atoms with E-state index in [4.69, 9.17) is 0 Å². The fourth-order valence-electron chi connectivity index (χ4n) is 4.22. The lowest BCUT2D eigenvalue weighted by molar-refractivity contribution is 0.0718. The summed E-state index contributed by atoms with van der Waals surface area (Å²) in [5, 5.41) is 10.3. The van der Waals surface area contributed by atoms with Gasteiger partial charge < -0.3 is 4.90 Å². The number of benzene rings is 3. The third kappa shape index (κ3) is 3.39. The number of nitrogens with zero attached hydrogens (tertiary/aromatic N) is 2. The first kappa shape index (κ1) is 17.5.